The maximum absolute atomic E-state index is 13.7. The Bertz CT molecular complexity index is 1200. The molecule has 0 aliphatic rings. The van der Waals surface area contributed by atoms with Gasteiger partial charge in [0.25, 0.3) is 5.91 Å². The molecule has 0 spiro atoms. The van der Waals surface area contributed by atoms with Gasteiger partial charge < -0.3 is 25.3 Å². The molecule has 8 heteroatoms. The van der Waals surface area contributed by atoms with Crippen molar-refractivity contribution in [1.29, 1.82) is 0 Å². The zero-order valence-electron chi connectivity index (χ0n) is 21.6. The van der Waals surface area contributed by atoms with E-state index >= 15 is 0 Å². The van der Waals surface area contributed by atoms with E-state index in [0.29, 0.717) is 37.2 Å². The van der Waals surface area contributed by atoms with Crippen molar-refractivity contribution in [3.8, 4) is 5.75 Å². The van der Waals surface area contributed by atoms with Gasteiger partial charge in [0.05, 0.1) is 7.11 Å². The number of methoxy groups -OCH3 is 1. The summed E-state index contributed by atoms with van der Waals surface area (Å²) in [6, 6.07) is 14.1. The van der Waals surface area contributed by atoms with Crippen LogP contribution in [0.1, 0.15) is 50.2 Å². The second-order valence-corrected chi connectivity index (χ2v) is 9.55. The smallest absolute Gasteiger partial charge is 0.268 e. The summed E-state index contributed by atoms with van der Waals surface area (Å²) in [4.78, 5) is 42.8. The lowest BCUT2D eigenvalue weighted by atomic mass is 10.0. The van der Waals surface area contributed by atoms with Crippen LogP contribution in [0.3, 0.4) is 0 Å². The number of para-hydroxylation sites is 1. The summed E-state index contributed by atoms with van der Waals surface area (Å²) < 4.78 is 5.40. The molecule has 3 aromatic rings. The molecule has 36 heavy (non-hydrogen) atoms. The van der Waals surface area contributed by atoms with Crippen molar-refractivity contribution in [2.75, 3.05) is 19.0 Å². The summed E-state index contributed by atoms with van der Waals surface area (Å²) in [5.74, 6) is 0.416. The molecule has 0 saturated carbocycles. The Balaban J connectivity index is 1.79. The van der Waals surface area contributed by atoms with Gasteiger partial charge in [0.1, 0.15) is 17.5 Å². The molecular weight excluding hydrogens is 456 g/mol. The van der Waals surface area contributed by atoms with Crippen LogP contribution in [0.2, 0.25) is 0 Å². The number of fused-ring (bicyclic) bond motifs is 1. The van der Waals surface area contributed by atoms with E-state index in [9.17, 15) is 14.4 Å². The number of carbonyl (C=O) groups is 3. The summed E-state index contributed by atoms with van der Waals surface area (Å²) in [6.07, 6.45) is 1.74. The predicted octanol–water partition coefficient (Wildman–Crippen LogP) is 4.37. The average Bonchev–Trinajstić information content (AvgIpc) is 3.29. The molecule has 1 heterocycles. The molecule has 1 aromatic heterocycles. The highest BCUT2D eigenvalue weighted by Crippen LogP contribution is 2.26. The fourth-order valence-electron chi connectivity index (χ4n) is 4.36. The molecule has 8 nitrogen and oxygen atoms in total. The van der Waals surface area contributed by atoms with E-state index in [0.717, 1.165) is 22.2 Å². The second kappa shape index (κ2) is 12.2. The maximum Gasteiger partial charge on any atom is 0.268 e. The van der Waals surface area contributed by atoms with Crippen LogP contribution in [0.25, 0.3) is 10.9 Å². The minimum atomic E-state index is -0.670. The number of hydrogen-bond acceptors (Lipinski definition) is 4. The highest BCUT2D eigenvalue weighted by atomic mass is 16.5. The normalized spacial score (nSPS) is 12.0. The van der Waals surface area contributed by atoms with Gasteiger partial charge in [-0.1, -0.05) is 38.1 Å². The number of ether oxygens (including phenoxy) is 1. The van der Waals surface area contributed by atoms with E-state index in [1.807, 2.05) is 70.2 Å². The number of anilines is 1. The molecule has 0 aliphatic carbocycles. The van der Waals surface area contributed by atoms with Gasteiger partial charge in [0, 0.05) is 29.2 Å². The van der Waals surface area contributed by atoms with Crippen LogP contribution >= 0.6 is 0 Å². The number of aromatic nitrogens is 1. The number of amides is 3. The Morgan fingerprint density at radius 3 is 2.50 bits per heavy atom. The number of benzene rings is 2. The largest absolute Gasteiger partial charge is 0.496 e. The molecule has 0 aliphatic heterocycles. The quantitative estimate of drug-likeness (QED) is 0.327. The molecule has 1 atom stereocenters. The van der Waals surface area contributed by atoms with Crippen LogP contribution in [-0.2, 0) is 16.0 Å². The van der Waals surface area contributed by atoms with Crippen molar-refractivity contribution in [2.45, 2.75) is 52.6 Å². The molecule has 1 unspecified atom stereocenters. The maximum atomic E-state index is 13.7. The number of carbonyl (C=O) groups excluding carboxylic acids is 3. The Morgan fingerprint density at radius 1 is 1.08 bits per heavy atom. The van der Waals surface area contributed by atoms with Crippen molar-refractivity contribution >= 4 is 34.8 Å². The monoisotopic (exact) mass is 492 g/mol. The fourth-order valence-corrected chi connectivity index (χ4v) is 4.36. The van der Waals surface area contributed by atoms with Crippen LogP contribution in [0.4, 0.5) is 5.69 Å². The van der Waals surface area contributed by atoms with Gasteiger partial charge >= 0.3 is 0 Å². The molecule has 3 amide bonds. The minimum absolute atomic E-state index is 0.0624. The molecule has 3 rings (SSSR count). The lowest BCUT2D eigenvalue weighted by molar-refractivity contribution is -0.135. The van der Waals surface area contributed by atoms with Crippen molar-refractivity contribution in [1.82, 2.24) is 15.2 Å². The third kappa shape index (κ3) is 6.44. The first-order valence-electron chi connectivity index (χ1n) is 12.3. The van der Waals surface area contributed by atoms with Crippen molar-refractivity contribution in [3.63, 3.8) is 0 Å². The van der Waals surface area contributed by atoms with Gasteiger partial charge in [-0.25, -0.2) is 0 Å². The van der Waals surface area contributed by atoms with E-state index in [1.165, 1.54) is 0 Å². The summed E-state index contributed by atoms with van der Waals surface area (Å²) in [5.41, 5.74) is 2.84. The first-order valence-corrected chi connectivity index (χ1v) is 12.3. The zero-order chi connectivity index (χ0) is 26.2. The van der Waals surface area contributed by atoms with Crippen LogP contribution in [0, 0.1) is 5.92 Å². The summed E-state index contributed by atoms with van der Waals surface area (Å²) in [5, 5.41) is 6.49. The lowest BCUT2D eigenvalue weighted by Gasteiger charge is -2.32. The Labute approximate surface area is 212 Å². The Hall–Kier alpha value is -3.81. The van der Waals surface area contributed by atoms with Crippen LogP contribution < -0.4 is 15.4 Å². The summed E-state index contributed by atoms with van der Waals surface area (Å²) in [7, 11) is 1.59. The molecule has 0 bridgehead atoms. The highest BCUT2D eigenvalue weighted by Gasteiger charge is 2.29. The van der Waals surface area contributed by atoms with Gasteiger partial charge in [-0.15, -0.1) is 0 Å². The molecule has 192 valence electrons. The first-order chi connectivity index (χ1) is 17.2. The number of aromatic amines is 1. The number of H-pyrrole nitrogens is 1. The number of nitrogens with zero attached hydrogens (tertiary/aromatic N) is 1. The molecule has 0 fully saturated rings. The summed E-state index contributed by atoms with van der Waals surface area (Å²) >= 11 is 0. The van der Waals surface area contributed by atoms with E-state index in [4.69, 9.17) is 4.74 Å². The number of nitrogens with one attached hydrogen (secondary N) is 3. The molecule has 2 aromatic carbocycles. The van der Waals surface area contributed by atoms with E-state index < -0.39 is 6.04 Å². The lowest BCUT2D eigenvalue weighted by Crippen LogP contribution is -2.51. The highest BCUT2D eigenvalue weighted by molar-refractivity contribution is 6.01. The molecule has 0 saturated heterocycles. The zero-order valence-corrected chi connectivity index (χ0v) is 21.6. The molecule has 3 N–H and O–H groups in total. The standard InChI is InChI=1S/C28H36N4O4/c1-18(2)15-25(31-27(34)24-16-21-23(30-24)11-8-12-26(21)36-5)28(35)32(19(3)4)14-13-20-9-6-7-10-22(20)29-17-33/h6-12,16-19,25,30H,13-15H2,1-5H3,(H,29,33)(H,31,34). The van der Waals surface area contributed by atoms with Gasteiger partial charge in [0.2, 0.25) is 12.3 Å². The molecular formula is C28H36N4O4. The third-order valence-corrected chi connectivity index (χ3v) is 6.16. The van der Waals surface area contributed by atoms with Crippen molar-refractivity contribution in [2.24, 2.45) is 5.92 Å². The van der Waals surface area contributed by atoms with Crippen LogP contribution in [0.5, 0.6) is 5.75 Å². The SMILES string of the molecule is COc1cccc2[nH]c(C(=O)NC(CC(C)C)C(=O)N(CCc3ccccc3NC=O)C(C)C)cc12. The molecule has 0 radical (unpaired) electrons. The van der Waals surface area contributed by atoms with Crippen molar-refractivity contribution < 1.29 is 19.1 Å². The van der Waals surface area contributed by atoms with E-state index in [1.54, 1.807) is 18.1 Å². The van der Waals surface area contributed by atoms with Crippen molar-refractivity contribution in [3.05, 3.63) is 59.8 Å². The van der Waals surface area contributed by atoms with E-state index in [2.05, 4.69) is 15.6 Å². The van der Waals surface area contributed by atoms with Crippen LogP contribution in [-0.4, -0.2) is 53.8 Å². The van der Waals surface area contributed by atoms with E-state index in [-0.39, 0.29) is 23.8 Å². The predicted molar refractivity (Wildman–Crippen MR) is 142 cm³/mol. The Kier molecular flexibility index (Phi) is 9.11. The van der Waals surface area contributed by atoms with Gasteiger partial charge in [0.15, 0.2) is 0 Å². The topological polar surface area (TPSA) is 104 Å². The Morgan fingerprint density at radius 2 is 1.83 bits per heavy atom. The van der Waals surface area contributed by atoms with Crippen LogP contribution in [0.15, 0.2) is 48.5 Å². The first kappa shape index (κ1) is 26.8. The summed E-state index contributed by atoms with van der Waals surface area (Å²) in [6.45, 7) is 8.45. The average molecular weight is 493 g/mol. The minimum Gasteiger partial charge on any atom is -0.496 e. The van der Waals surface area contributed by atoms with Gasteiger partial charge in [-0.3, -0.25) is 14.4 Å². The fraction of sp³-hybridized carbons (Fsp3) is 0.393. The number of hydrogen-bond donors (Lipinski definition) is 3. The second-order valence-electron chi connectivity index (χ2n) is 9.55. The number of rotatable bonds is 12. The third-order valence-electron chi connectivity index (χ3n) is 6.16. The van der Waals surface area contributed by atoms with Gasteiger partial charge in [-0.2, -0.15) is 0 Å². The van der Waals surface area contributed by atoms with Gasteiger partial charge in [-0.05, 0) is 62.4 Å².